The number of methoxy groups -OCH3 is 1. The Kier molecular flexibility index (Phi) is 5.75. The van der Waals surface area contributed by atoms with Crippen LogP contribution in [-0.2, 0) is 16.1 Å². The van der Waals surface area contributed by atoms with Gasteiger partial charge in [-0.05, 0) is 59.7 Å². The predicted molar refractivity (Wildman–Crippen MR) is 111 cm³/mol. The molecule has 3 aromatic rings. The minimum Gasteiger partial charge on any atom is -0.493 e. The number of rotatable bonds is 6. The number of benzene rings is 3. The first-order valence-electron chi connectivity index (χ1n) is 9.35. The molecule has 156 valence electrons. The highest BCUT2D eigenvalue weighted by Gasteiger charge is 2.24. The maximum atomic E-state index is 13.4. The molecule has 0 radical (unpaired) electrons. The Morgan fingerprint density at radius 1 is 0.968 bits per heavy atom. The number of ether oxygens (including phenoxy) is 3. The van der Waals surface area contributed by atoms with Gasteiger partial charge in [0.1, 0.15) is 18.2 Å². The Bertz CT molecular complexity index is 1190. The van der Waals surface area contributed by atoms with E-state index in [9.17, 15) is 13.6 Å². The third kappa shape index (κ3) is 4.78. The van der Waals surface area contributed by atoms with E-state index in [0.29, 0.717) is 22.6 Å². The van der Waals surface area contributed by atoms with Gasteiger partial charge in [0.2, 0.25) is 5.90 Å². The largest absolute Gasteiger partial charge is 0.493 e. The summed E-state index contributed by atoms with van der Waals surface area (Å²) in [6, 6.07) is 16.8. The number of carbonyl (C=O) groups is 1. The molecule has 0 saturated carbocycles. The van der Waals surface area contributed by atoms with Gasteiger partial charge >= 0.3 is 5.97 Å². The van der Waals surface area contributed by atoms with Gasteiger partial charge < -0.3 is 14.2 Å². The maximum Gasteiger partial charge on any atom is 0.363 e. The predicted octanol–water partition coefficient (Wildman–Crippen LogP) is 4.90. The van der Waals surface area contributed by atoms with Crippen LogP contribution in [0.3, 0.4) is 0 Å². The average Bonchev–Trinajstić information content (AvgIpc) is 3.14. The SMILES string of the molecule is COc1cc(/C=C2/N=C(c3cccc(F)c3)OC2=O)ccc1OCc1ccc(F)cc1. The van der Waals surface area contributed by atoms with Crippen molar-refractivity contribution >= 4 is 17.9 Å². The van der Waals surface area contributed by atoms with Crippen molar-refractivity contribution in [1.29, 1.82) is 0 Å². The van der Waals surface area contributed by atoms with Crippen molar-refractivity contribution in [3.8, 4) is 11.5 Å². The smallest absolute Gasteiger partial charge is 0.363 e. The number of carbonyl (C=O) groups excluding carboxylic acids is 1. The molecule has 0 aromatic heterocycles. The van der Waals surface area contributed by atoms with Crippen LogP contribution in [0.4, 0.5) is 8.78 Å². The highest BCUT2D eigenvalue weighted by Crippen LogP contribution is 2.30. The monoisotopic (exact) mass is 421 g/mol. The molecule has 31 heavy (non-hydrogen) atoms. The van der Waals surface area contributed by atoms with Crippen LogP contribution in [0, 0.1) is 11.6 Å². The molecule has 3 aromatic carbocycles. The van der Waals surface area contributed by atoms with Gasteiger partial charge in [-0.1, -0.05) is 24.3 Å². The van der Waals surface area contributed by atoms with Crippen LogP contribution in [0.1, 0.15) is 16.7 Å². The van der Waals surface area contributed by atoms with Gasteiger partial charge in [-0.3, -0.25) is 0 Å². The summed E-state index contributed by atoms with van der Waals surface area (Å²) in [4.78, 5) is 16.3. The van der Waals surface area contributed by atoms with E-state index >= 15 is 0 Å². The second-order valence-corrected chi connectivity index (χ2v) is 6.67. The van der Waals surface area contributed by atoms with Crippen molar-refractivity contribution in [2.45, 2.75) is 6.61 Å². The normalized spacial score (nSPS) is 14.4. The molecule has 1 aliphatic heterocycles. The third-order valence-corrected chi connectivity index (χ3v) is 4.49. The van der Waals surface area contributed by atoms with Crippen molar-refractivity contribution in [2.24, 2.45) is 4.99 Å². The van der Waals surface area contributed by atoms with E-state index in [4.69, 9.17) is 14.2 Å². The molecule has 0 saturated heterocycles. The highest BCUT2D eigenvalue weighted by molar-refractivity contribution is 6.12. The Morgan fingerprint density at radius 2 is 1.77 bits per heavy atom. The maximum absolute atomic E-state index is 13.4. The number of esters is 1. The molecule has 0 unspecified atom stereocenters. The van der Waals surface area contributed by atoms with Gasteiger partial charge in [0.05, 0.1) is 7.11 Å². The standard InChI is InChI=1S/C24H17F2NO4/c1-29-22-12-16(7-10-21(22)30-14-15-5-8-18(25)9-6-15)11-20-24(28)31-23(27-20)17-3-2-4-19(26)13-17/h2-13H,14H2,1H3/b20-11+. The van der Waals surface area contributed by atoms with E-state index in [-0.39, 0.29) is 24.0 Å². The molecule has 0 aliphatic carbocycles. The van der Waals surface area contributed by atoms with Crippen molar-refractivity contribution in [3.63, 3.8) is 0 Å². The minimum absolute atomic E-state index is 0.0435. The van der Waals surface area contributed by atoms with Crippen molar-refractivity contribution in [2.75, 3.05) is 7.11 Å². The molecule has 5 nitrogen and oxygen atoms in total. The lowest BCUT2D eigenvalue weighted by molar-refractivity contribution is -0.129. The zero-order valence-corrected chi connectivity index (χ0v) is 16.5. The summed E-state index contributed by atoms with van der Waals surface area (Å²) in [7, 11) is 1.50. The quantitative estimate of drug-likeness (QED) is 0.420. The number of hydrogen-bond acceptors (Lipinski definition) is 5. The summed E-state index contributed by atoms with van der Waals surface area (Å²) >= 11 is 0. The van der Waals surface area contributed by atoms with Crippen LogP contribution >= 0.6 is 0 Å². The first-order chi connectivity index (χ1) is 15.0. The van der Waals surface area contributed by atoms with Crippen LogP contribution in [0.5, 0.6) is 11.5 Å². The van der Waals surface area contributed by atoms with Gasteiger partial charge in [0, 0.05) is 5.56 Å². The second-order valence-electron chi connectivity index (χ2n) is 6.67. The Hall–Kier alpha value is -4.00. The fourth-order valence-corrected chi connectivity index (χ4v) is 2.95. The van der Waals surface area contributed by atoms with E-state index in [0.717, 1.165) is 5.56 Å². The van der Waals surface area contributed by atoms with E-state index in [1.807, 2.05) is 0 Å². The number of halogens is 2. The molecule has 0 fully saturated rings. The molecule has 0 spiro atoms. The number of cyclic esters (lactones) is 1. The molecule has 7 heteroatoms. The van der Waals surface area contributed by atoms with Gasteiger partial charge in [-0.25, -0.2) is 18.6 Å². The first-order valence-corrected chi connectivity index (χ1v) is 9.35. The lowest BCUT2D eigenvalue weighted by Crippen LogP contribution is -2.05. The molecular weight excluding hydrogens is 404 g/mol. The van der Waals surface area contributed by atoms with Crippen LogP contribution in [0.15, 0.2) is 77.4 Å². The van der Waals surface area contributed by atoms with E-state index in [1.165, 1.54) is 37.4 Å². The molecule has 0 N–H and O–H groups in total. The number of hydrogen-bond donors (Lipinski definition) is 0. The Balaban J connectivity index is 1.53. The van der Waals surface area contributed by atoms with Crippen molar-refractivity contribution in [1.82, 2.24) is 0 Å². The Labute approximate surface area is 177 Å². The molecular formula is C24H17F2NO4. The molecule has 0 atom stereocenters. The topological polar surface area (TPSA) is 57.1 Å². The van der Waals surface area contributed by atoms with Gasteiger partial charge in [-0.2, -0.15) is 0 Å². The van der Waals surface area contributed by atoms with E-state index in [2.05, 4.69) is 4.99 Å². The summed E-state index contributed by atoms with van der Waals surface area (Å²) in [5, 5.41) is 0. The average molecular weight is 421 g/mol. The van der Waals surface area contributed by atoms with E-state index in [1.54, 1.807) is 42.5 Å². The third-order valence-electron chi connectivity index (χ3n) is 4.49. The highest BCUT2D eigenvalue weighted by atomic mass is 19.1. The fourth-order valence-electron chi connectivity index (χ4n) is 2.95. The summed E-state index contributed by atoms with van der Waals surface area (Å²) in [5.41, 5.74) is 1.91. The Morgan fingerprint density at radius 3 is 2.52 bits per heavy atom. The van der Waals surface area contributed by atoms with Crippen LogP contribution < -0.4 is 9.47 Å². The zero-order valence-electron chi connectivity index (χ0n) is 16.5. The lowest BCUT2D eigenvalue weighted by Gasteiger charge is -2.11. The number of aliphatic imine (C=N–C) groups is 1. The van der Waals surface area contributed by atoms with Crippen LogP contribution in [-0.4, -0.2) is 19.0 Å². The van der Waals surface area contributed by atoms with Crippen LogP contribution in [0.2, 0.25) is 0 Å². The lowest BCUT2D eigenvalue weighted by atomic mass is 10.1. The first kappa shape index (κ1) is 20.3. The van der Waals surface area contributed by atoms with E-state index < -0.39 is 11.8 Å². The summed E-state index contributed by atoms with van der Waals surface area (Å²) in [5.74, 6) is -0.400. The molecule has 0 amide bonds. The van der Waals surface area contributed by atoms with Crippen molar-refractivity contribution < 1.29 is 27.8 Å². The number of nitrogens with zero attached hydrogens (tertiary/aromatic N) is 1. The fraction of sp³-hybridized carbons (Fsp3) is 0.0833. The summed E-state index contributed by atoms with van der Waals surface area (Å²) < 4.78 is 42.7. The molecule has 0 bridgehead atoms. The van der Waals surface area contributed by atoms with Gasteiger partial charge in [0.15, 0.2) is 17.2 Å². The summed E-state index contributed by atoms with van der Waals surface area (Å²) in [6.45, 7) is 0.241. The minimum atomic E-state index is -0.630. The van der Waals surface area contributed by atoms with Crippen LogP contribution in [0.25, 0.3) is 6.08 Å². The molecule has 1 aliphatic rings. The van der Waals surface area contributed by atoms with Gasteiger partial charge in [-0.15, -0.1) is 0 Å². The molecule has 4 rings (SSSR count). The molecule has 1 heterocycles. The van der Waals surface area contributed by atoms with Gasteiger partial charge in [0.25, 0.3) is 0 Å². The summed E-state index contributed by atoms with van der Waals surface area (Å²) in [6.07, 6.45) is 1.54. The zero-order chi connectivity index (χ0) is 21.8. The second kappa shape index (κ2) is 8.79. The van der Waals surface area contributed by atoms with Crippen molar-refractivity contribution in [3.05, 3.63) is 101 Å².